The summed E-state index contributed by atoms with van der Waals surface area (Å²) in [5.74, 6) is -0.220. The fourth-order valence-corrected chi connectivity index (χ4v) is 1.33. The lowest BCUT2D eigenvalue weighted by atomic mass is 10.1. The molecule has 0 amide bonds. The van der Waals surface area contributed by atoms with Crippen molar-refractivity contribution >= 4 is 11.8 Å². The van der Waals surface area contributed by atoms with E-state index in [0.29, 0.717) is 5.56 Å². The minimum absolute atomic E-state index is 0.0244. The molecule has 3 nitrogen and oxygen atoms in total. The summed E-state index contributed by atoms with van der Waals surface area (Å²) in [6.07, 6.45) is 0.153. The molecule has 86 valence electrons. The lowest BCUT2D eigenvalue weighted by Crippen LogP contribution is -2.13. The Balaban J connectivity index is 2.62. The third-order valence-electron chi connectivity index (χ3n) is 2.08. The number of carbonyl (C=O) groups excluding carboxylic acids is 2. The van der Waals surface area contributed by atoms with Crippen LogP contribution in [-0.4, -0.2) is 17.9 Å². The number of benzene rings is 1. The molecule has 1 aromatic rings. The van der Waals surface area contributed by atoms with Crippen LogP contribution in [0.15, 0.2) is 24.3 Å². The van der Waals surface area contributed by atoms with Gasteiger partial charge in [0.2, 0.25) is 0 Å². The molecule has 16 heavy (non-hydrogen) atoms. The highest BCUT2D eigenvalue weighted by atomic mass is 16.5. The molecule has 0 saturated carbocycles. The van der Waals surface area contributed by atoms with Gasteiger partial charge in [0.05, 0.1) is 12.5 Å². The SMILES string of the molecule is CC(=O)c1ccc(CC(=O)OC(C)C)cc1. The lowest BCUT2D eigenvalue weighted by molar-refractivity contribution is -0.146. The topological polar surface area (TPSA) is 43.4 Å². The maximum Gasteiger partial charge on any atom is 0.310 e. The molecule has 0 spiro atoms. The van der Waals surface area contributed by atoms with E-state index < -0.39 is 0 Å². The molecule has 0 aromatic heterocycles. The van der Waals surface area contributed by atoms with Gasteiger partial charge in [-0.05, 0) is 26.3 Å². The quantitative estimate of drug-likeness (QED) is 0.578. The number of hydrogen-bond donors (Lipinski definition) is 0. The predicted molar refractivity (Wildman–Crippen MR) is 61.4 cm³/mol. The second-order valence-corrected chi connectivity index (χ2v) is 3.97. The second-order valence-electron chi connectivity index (χ2n) is 3.97. The third kappa shape index (κ3) is 3.85. The Bertz CT molecular complexity index is 377. The standard InChI is InChI=1S/C13H16O3/c1-9(2)16-13(15)8-11-4-6-12(7-5-11)10(3)14/h4-7,9H,8H2,1-3H3. The summed E-state index contributed by atoms with van der Waals surface area (Å²) in [6.45, 7) is 5.15. The van der Waals surface area contributed by atoms with Gasteiger partial charge < -0.3 is 4.74 Å². The number of hydrogen-bond acceptors (Lipinski definition) is 3. The van der Waals surface area contributed by atoms with Gasteiger partial charge in [-0.2, -0.15) is 0 Å². The summed E-state index contributed by atoms with van der Waals surface area (Å²) >= 11 is 0. The first kappa shape index (κ1) is 12.4. The first-order valence-electron chi connectivity index (χ1n) is 5.28. The highest BCUT2D eigenvalue weighted by Gasteiger charge is 2.07. The van der Waals surface area contributed by atoms with E-state index >= 15 is 0 Å². The van der Waals surface area contributed by atoms with Gasteiger partial charge in [0.15, 0.2) is 5.78 Å². The Morgan fingerprint density at radius 1 is 1.19 bits per heavy atom. The molecule has 0 saturated heterocycles. The minimum Gasteiger partial charge on any atom is -0.463 e. The Kier molecular flexibility index (Phi) is 4.23. The number of ether oxygens (including phenoxy) is 1. The molecule has 0 fully saturated rings. The zero-order chi connectivity index (χ0) is 12.1. The van der Waals surface area contributed by atoms with Crippen molar-refractivity contribution in [2.45, 2.75) is 33.3 Å². The average molecular weight is 220 g/mol. The molecule has 0 heterocycles. The fraction of sp³-hybridized carbons (Fsp3) is 0.385. The van der Waals surface area contributed by atoms with Gasteiger partial charge in [0.1, 0.15) is 0 Å². The number of esters is 1. The normalized spacial score (nSPS) is 10.2. The second kappa shape index (κ2) is 5.45. The van der Waals surface area contributed by atoms with Crippen LogP contribution in [0.3, 0.4) is 0 Å². The number of carbonyl (C=O) groups is 2. The van der Waals surface area contributed by atoms with Crippen molar-refractivity contribution in [3.8, 4) is 0 Å². The molecule has 1 aromatic carbocycles. The molecule has 0 aliphatic rings. The Morgan fingerprint density at radius 2 is 1.75 bits per heavy atom. The van der Waals surface area contributed by atoms with Crippen LogP contribution in [0, 0.1) is 0 Å². The Hall–Kier alpha value is -1.64. The molecule has 0 aliphatic heterocycles. The van der Waals surface area contributed by atoms with Crippen LogP contribution >= 0.6 is 0 Å². The Morgan fingerprint density at radius 3 is 2.19 bits per heavy atom. The summed E-state index contributed by atoms with van der Waals surface area (Å²) in [4.78, 5) is 22.4. The van der Waals surface area contributed by atoms with Crippen LogP contribution in [0.5, 0.6) is 0 Å². The van der Waals surface area contributed by atoms with Crippen molar-refractivity contribution < 1.29 is 14.3 Å². The van der Waals surface area contributed by atoms with E-state index in [9.17, 15) is 9.59 Å². The van der Waals surface area contributed by atoms with Gasteiger partial charge in [0, 0.05) is 5.56 Å². The van der Waals surface area contributed by atoms with E-state index in [-0.39, 0.29) is 24.3 Å². The van der Waals surface area contributed by atoms with Crippen molar-refractivity contribution in [2.75, 3.05) is 0 Å². The lowest BCUT2D eigenvalue weighted by Gasteiger charge is -2.07. The predicted octanol–water partition coefficient (Wildman–Crippen LogP) is 2.38. The van der Waals surface area contributed by atoms with Crippen LogP contribution in [0.2, 0.25) is 0 Å². The van der Waals surface area contributed by atoms with Crippen LogP contribution in [0.25, 0.3) is 0 Å². The van der Waals surface area contributed by atoms with E-state index in [0.717, 1.165) is 5.56 Å². The number of ketones is 1. The van der Waals surface area contributed by atoms with Crippen molar-refractivity contribution in [3.05, 3.63) is 35.4 Å². The molecule has 0 aliphatic carbocycles. The molecule has 3 heteroatoms. The zero-order valence-electron chi connectivity index (χ0n) is 9.82. The zero-order valence-corrected chi connectivity index (χ0v) is 9.82. The van der Waals surface area contributed by atoms with E-state index in [4.69, 9.17) is 4.74 Å². The summed E-state index contributed by atoms with van der Waals surface area (Å²) in [5.41, 5.74) is 1.51. The molecule has 0 unspecified atom stereocenters. The summed E-state index contributed by atoms with van der Waals surface area (Å²) < 4.78 is 5.03. The van der Waals surface area contributed by atoms with Gasteiger partial charge in [-0.1, -0.05) is 24.3 Å². The van der Waals surface area contributed by atoms with Crippen LogP contribution in [-0.2, 0) is 16.0 Å². The van der Waals surface area contributed by atoms with E-state index in [1.807, 2.05) is 13.8 Å². The molecule has 0 radical (unpaired) electrons. The summed E-state index contributed by atoms with van der Waals surface area (Å²) in [7, 11) is 0. The molecule has 0 atom stereocenters. The third-order valence-corrected chi connectivity index (χ3v) is 2.08. The molecule has 0 N–H and O–H groups in total. The van der Waals surface area contributed by atoms with Crippen LogP contribution < -0.4 is 0 Å². The maximum absolute atomic E-state index is 11.4. The largest absolute Gasteiger partial charge is 0.463 e. The smallest absolute Gasteiger partial charge is 0.310 e. The van der Waals surface area contributed by atoms with Gasteiger partial charge in [-0.15, -0.1) is 0 Å². The van der Waals surface area contributed by atoms with E-state index in [1.54, 1.807) is 24.3 Å². The highest BCUT2D eigenvalue weighted by Crippen LogP contribution is 2.07. The van der Waals surface area contributed by atoms with E-state index in [2.05, 4.69) is 0 Å². The fourth-order valence-electron chi connectivity index (χ4n) is 1.33. The highest BCUT2D eigenvalue weighted by molar-refractivity contribution is 5.94. The monoisotopic (exact) mass is 220 g/mol. The van der Waals surface area contributed by atoms with Gasteiger partial charge in [0.25, 0.3) is 0 Å². The number of Topliss-reactive ketones (excluding diaryl/α,β-unsaturated/α-hetero) is 1. The minimum atomic E-state index is -0.245. The molecule has 0 bridgehead atoms. The molecular weight excluding hydrogens is 204 g/mol. The van der Waals surface area contributed by atoms with E-state index in [1.165, 1.54) is 6.92 Å². The van der Waals surface area contributed by atoms with Crippen LogP contribution in [0.4, 0.5) is 0 Å². The first-order chi connectivity index (χ1) is 7.49. The maximum atomic E-state index is 11.4. The Labute approximate surface area is 95.4 Å². The number of rotatable bonds is 4. The van der Waals surface area contributed by atoms with Crippen molar-refractivity contribution in [1.29, 1.82) is 0 Å². The average Bonchev–Trinajstić information content (AvgIpc) is 2.16. The molecule has 1 rings (SSSR count). The summed E-state index contributed by atoms with van der Waals surface area (Å²) in [5, 5.41) is 0. The summed E-state index contributed by atoms with van der Waals surface area (Å²) in [6, 6.07) is 7.00. The first-order valence-corrected chi connectivity index (χ1v) is 5.28. The van der Waals surface area contributed by atoms with Gasteiger partial charge in [-0.3, -0.25) is 9.59 Å². The van der Waals surface area contributed by atoms with Crippen molar-refractivity contribution in [2.24, 2.45) is 0 Å². The van der Waals surface area contributed by atoms with Gasteiger partial charge in [-0.25, -0.2) is 0 Å². The van der Waals surface area contributed by atoms with Crippen LogP contribution in [0.1, 0.15) is 36.7 Å². The van der Waals surface area contributed by atoms with Gasteiger partial charge >= 0.3 is 5.97 Å². The van der Waals surface area contributed by atoms with Crippen molar-refractivity contribution in [3.63, 3.8) is 0 Å². The van der Waals surface area contributed by atoms with Crippen molar-refractivity contribution in [1.82, 2.24) is 0 Å². The molecular formula is C13H16O3.